The van der Waals surface area contributed by atoms with Gasteiger partial charge in [0.25, 0.3) is 0 Å². The summed E-state index contributed by atoms with van der Waals surface area (Å²) in [7, 11) is 0. The van der Waals surface area contributed by atoms with Gasteiger partial charge < -0.3 is 4.42 Å². The van der Waals surface area contributed by atoms with Gasteiger partial charge in [0.2, 0.25) is 0 Å². The first-order chi connectivity index (χ1) is 10.9. The first-order valence-corrected chi connectivity index (χ1v) is 9.47. The highest BCUT2D eigenvalue weighted by molar-refractivity contribution is 7.14. The first kappa shape index (κ1) is 13.8. The quantitative estimate of drug-likeness (QED) is 0.415. The predicted molar refractivity (Wildman–Crippen MR) is 96.7 cm³/mol. The molecule has 0 amide bonds. The van der Waals surface area contributed by atoms with Crippen molar-refractivity contribution in [1.82, 2.24) is 0 Å². The number of hydrogen-bond acceptors (Lipinski definition) is 4. The van der Waals surface area contributed by atoms with Crippen molar-refractivity contribution in [1.29, 1.82) is 0 Å². The maximum atomic E-state index is 5.75. The van der Waals surface area contributed by atoms with Crippen LogP contribution >= 0.6 is 34.0 Å². The van der Waals surface area contributed by atoms with Gasteiger partial charge >= 0.3 is 0 Å². The molecule has 0 aliphatic carbocycles. The van der Waals surface area contributed by atoms with Gasteiger partial charge in [-0.2, -0.15) is 0 Å². The Bertz CT molecular complexity index is 702. The Morgan fingerprint density at radius 3 is 1.59 bits per heavy atom. The molecule has 4 aromatic heterocycles. The topological polar surface area (TPSA) is 13.1 Å². The molecule has 4 heteroatoms. The van der Waals surface area contributed by atoms with Crippen LogP contribution < -0.4 is 0 Å². The Morgan fingerprint density at radius 2 is 1.18 bits per heavy atom. The van der Waals surface area contributed by atoms with Crippen molar-refractivity contribution < 1.29 is 4.42 Å². The van der Waals surface area contributed by atoms with Gasteiger partial charge in [0.05, 0.1) is 6.26 Å². The molecule has 0 atom stereocenters. The molecule has 4 rings (SSSR count). The van der Waals surface area contributed by atoms with Gasteiger partial charge in [-0.25, -0.2) is 0 Å². The van der Waals surface area contributed by atoms with Crippen molar-refractivity contribution in [2.75, 3.05) is 0 Å². The second-order valence-corrected chi connectivity index (χ2v) is 7.50. The van der Waals surface area contributed by atoms with Gasteiger partial charge in [0.15, 0.2) is 0 Å². The lowest BCUT2D eigenvalue weighted by Gasteiger charge is -2.10. The van der Waals surface area contributed by atoms with E-state index < -0.39 is 0 Å². The molecule has 0 spiro atoms. The van der Waals surface area contributed by atoms with E-state index in [2.05, 4.69) is 52.5 Å². The summed E-state index contributed by atoms with van der Waals surface area (Å²) >= 11 is 5.27. The summed E-state index contributed by atoms with van der Waals surface area (Å²) in [5.74, 6) is 0.916. The van der Waals surface area contributed by atoms with Crippen LogP contribution in [0.3, 0.4) is 0 Å². The van der Waals surface area contributed by atoms with Crippen molar-refractivity contribution in [3.63, 3.8) is 0 Å². The van der Waals surface area contributed by atoms with Crippen LogP contribution in [0.2, 0.25) is 0 Å². The average molecular weight is 340 g/mol. The zero-order valence-corrected chi connectivity index (χ0v) is 14.0. The zero-order valence-electron chi connectivity index (χ0n) is 11.6. The number of hydrogen-bond donors (Lipinski definition) is 0. The molecule has 4 aromatic rings. The molecule has 22 heavy (non-hydrogen) atoms. The molecule has 4 heterocycles. The molecule has 0 saturated heterocycles. The van der Waals surface area contributed by atoms with E-state index in [-0.39, 0.29) is 0 Å². The maximum absolute atomic E-state index is 5.75. The van der Waals surface area contributed by atoms with Crippen molar-refractivity contribution in [3.8, 4) is 0 Å². The maximum Gasteiger partial charge on any atom is 0.135 e. The molecule has 0 unspecified atom stereocenters. The number of rotatable bonds is 4. The van der Waals surface area contributed by atoms with E-state index in [1.807, 2.05) is 12.1 Å². The smallest absolute Gasteiger partial charge is 0.135 e. The van der Waals surface area contributed by atoms with Crippen molar-refractivity contribution >= 4 is 45.2 Å². The summed E-state index contributed by atoms with van der Waals surface area (Å²) in [6.07, 6.45) is 1.74. The highest BCUT2D eigenvalue weighted by Crippen LogP contribution is 2.41. The fourth-order valence-electron chi connectivity index (χ4n) is 2.42. The van der Waals surface area contributed by atoms with Gasteiger partial charge in [0, 0.05) is 25.8 Å². The summed E-state index contributed by atoms with van der Waals surface area (Å²) in [6.45, 7) is 0. The lowest BCUT2D eigenvalue weighted by Crippen LogP contribution is -1.90. The van der Waals surface area contributed by atoms with E-state index in [1.54, 1.807) is 40.3 Å². The number of furan rings is 1. The monoisotopic (exact) mass is 340 g/mol. The molecule has 0 aromatic carbocycles. The van der Waals surface area contributed by atoms with E-state index in [9.17, 15) is 0 Å². The molecular weight excluding hydrogens is 328 g/mol. The highest BCUT2D eigenvalue weighted by atomic mass is 32.1. The fraction of sp³-hybridized carbons (Fsp3) is 0. The molecule has 0 N–H and O–H groups in total. The zero-order chi connectivity index (χ0) is 14.8. The molecular formula is C18H12OS3. The van der Waals surface area contributed by atoms with Crippen LogP contribution in [-0.2, 0) is 0 Å². The van der Waals surface area contributed by atoms with E-state index in [0.717, 1.165) is 5.76 Å². The lowest BCUT2D eigenvalue weighted by atomic mass is 10.0. The van der Waals surface area contributed by atoms with E-state index >= 15 is 0 Å². The van der Waals surface area contributed by atoms with Crippen molar-refractivity contribution in [3.05, 3.63) is 91.3 Å². The Balaban J connectivity index is 2.06. The second kappa shape index (κ2) is 6.08. The van der Waals surface area contributed by atoms with Gasteiger partial charge in [0.1, 0.15) is 5.76 Å². The molecule has 108 valence electrons. The molecule has 0 radical (unpaired) electrons. The van der Waals surface area contributed by atoms with E-state index in [4.69, 9.17) is 4.42 Å². The largest absolute Gasteiger partial charge is 0.464 e. The Hall–Kier alpha value is -1.88. The summed E-state index contributed by atoms with van der Waals surface area (Å²) in [5, 5.41) is 6.35. The summed E-state index contributed by atoms with van der Waals surface area (Å²) in [5.41, 5.74) is 2.42. The van der Waals surface area contributed by atoms with Gasteiger partial charge in [-0.05, 0) is 46.5 Å². The van der Waals surface area contributed by atoms with Gasteiger partial charge in [-0.3, -0.25) is 0 Å². The molecule has 0 saturated carbocycles. The van der Waals surface area contributed by atoms with Crippen LogP contribution in [0.4, 0.5) is 0 Å². The molecule has 0 aliphatic heterocycles. The normalized spacial score (nSPS) is 10.7. The lowest BCUT2D eigenvalue weighted by molar-refractivity contribution is 0.554. The third-order valence-corrected chi connectivity index (χ3v) is 5.98. The standard InChI is InChI=1S/C18H12OS3/c1-5-13(19-9-1)17(14-6-2-10-20-14)18(15-7-3-11-21-15)16-8-4-12-22-16/h1-12H. The minimum Gasteiger partial charge on any atom is -0.464 e. The second-order valence-electron chi connectivity index (χ2n) is 4.66. The fourth-order valence-corrected chi connectivity index (χ4v) is 4.85. The highest BCUT2D eigenvalue weighted by Gasteiger charge is 2.19. The summed E-state index contributed by atoms with van der Waals surface area (Å²) < 4.78 is 5.75. The van der Waals surface area contributed by atoms with Crippen LogP contribution in [0.15, 0.2) is 75.4 Å². The van der Waals surface area contributed by atoms with Crippen LogP contribution in [0.5, 0.6) is 0 Å². The summed E-state index contributed by atoms with van der Waals surface area (Å²) in [6, 6.07) is 16.8. The van der Waals surface area contributed by atoms with E-state index in [0.29, 0.717) is 0 Å². The third kappa shape index (κ3) is 2.50. The van der Waals surface area contributed by atoms with Crippen LogP contribution in [0, 0.1) is 0 Å². The first-order valence-electron chi connectivity index (χ1n) is 6.83. The van der Waals surface area contributed by atoms with Crippen LogP contribution in [0.25, 0.3) is 11.1 Å². The van der Waals surface area contributed by atoms with Crippen molar-refractivity contribution in [2.24, 2.45) is 0 Å². The predicted octanol–water partition coefficient (Wildman–Crippen LogP) is 6.47. The summed E-state index contributed by atoms with van der Waals surface area (Å²) in [4.78, 5) is 3.76. The number of thiophene rings is 3. The minimum atomic E-state index is 0.916. The molecule has 0 bridgehead atoms. The van der Waals surface area contributed by atoms with Gasteiger partial charge in [-0.1, -0.05) is 18.2 Å². The van der Waals surface area contributed by atoms with Gasteiger partial charge in [-0.15, -0.1) is 34.0 Å². The minimum absolute atomic E-state index is 0.916. The molecule has 0 fully saturated rings. The Morgan fingerprint density at radius 1 is 0.636 bits per heavy atom. The molecule has 1 nitrogen and oxygen atoms in total. The Labute approximate surface area is 140 Å². The van der Waals surface area contributed by atoms with Crippen molar-refractivity contribution in [2.45, 2.75) is 0 Å². The average Bonchev–Trinajstić information content (AvgIpc) is 3.35. The SMILES string of the molecule is c1coc(C(=C(c2cccs2)c2cccs2)c2cccs2)c1. The Kier molecular flexibility index (Phi) is 3.81. The van der Waals surface area contributed by atoms with Crippen LogP contribution in [0.1, 0.15) is 20.4 Å². The van der Waals surface area contributed by atoms with E-state index in [1.165, 1.54) is 25.8 Å². The van der Waals surface area contributed by atoms with Crippen LogP contribution in [-0.4, -0.2) is 0 Å². The molecule has 0 aliphatic rings. The third-order valence-electron chi connectivity index (χ3n) is 3.32.